The average molecular weight is 567 g/mol. The number of fused-ring (bicyclic) bond motifs is 1. The topological polar surface area (TPSA) is 102 Å². The van der Waals surface area contributed by atoms with Crippen molar-refractivity contribution in [2.75, 3.05) is 7.11 Å². The van der Waals surface area contributed by atoms with Crippen LogP contribution in [0.5, 0.6) is 28.7 Å². The van der Waals surface area contributed by atoms with E-state index in [1.165, 1.54) is 64.5 Å². The van der Waals surface area contributed by atoms with E-state index < -0.39 is 6.10 Å². The third-order valence-corrected chi connectivity index (χ3v) is 7.41. The van der Waals surface area contributed by atoms with Crippen molar-refractivity contribution in [1.82, 2.24) is 0 Å². The number of carbonyl (C=O) groups excluding carboxylic acids is 2. The Hall–Kier alpha value is -3.48. The Labute approximate surface area is 244 Å². The standard InChI is InChI=1S/C34H46O7/c1-3-4-5-6-7-8-9-10-11-12-13-14-15-16-17-18-33(38)41-31-21-25(19-20-29(31)39-2)30-24-28(37)34-27(36)22-26(35)23-32(34)40-30/h10-11,19-23,30,35-36H,3-9,12-18,24H2,1-2H3/b11-10-. The van der Waals surface area contributed by atoms with Gasteiger partial charge >= 0.3 is 5.97 Å². The van der Waals surface area contributed by atoms with Crippen molar-refractivity contribution >= 4 is 11.8 Å². The van der Waals surface area contributed by atoms with Crippen molar-refractivity contribution in [3.8, 4) is 28.7 Å². The molecule has 1 aliphatic heterocycles. The molecule has 0 aliphatic carbocycles. The number of benzene rings is 2. The van der Waals surface area contributed by atoms with Crippen LogP contribution in [-0.4, -0.2) is 29.1 Å². The maximum Gasteiger partial charge on any atom is 0.311 e. The van der Waals surface area contributed by atoms with Crippen LogP contribution in [0, 0.1) is 0 Å². The minimum atomic E-state index is -0.662. The van der Waals surface area contributed by atoms with Gasteiger partial charge in [0.05, 0.1) is 13.5 Å². The van der Waals surface area contributed by atoms with Gasteiger partial charge in [-0.05, 0) is 49.8 Å². The number of hydrogen-bond acceptors (Lipinski definition) is 7. The molecule has 2 aromatic carbocycles. The molecule has 224 valence electrons. The van der Waals surface area contributed by atoms with E-state index in [4.69, 9.17) is 14.2 Å². The van der Waals surface area contributed by atoms with Crippen molar-refractivity contribution in [3.63, 3.8) is 0 Å². The molecule has 0 radical (unpaired) electrons. The van der Waals surface area contributed by atoms with Crippen molar-refractivity contribution in [2.45, 2.75) is 109 Å². The number of aromatic hydroxyl groups is 2. The number of hydrogen-bond donors (Lipinski definition) is 2. The molecule has 3 rings (SSSR count). The molecular formula is C34H46O7. The van der Waals surface area contributed by atoms with Crippen LogP contribution in [0.1, 0.15) is 125 Å². The van der Waals surface area contributed by atoms with Crippen LogP contribution in [0.3, 0.4) is 0 Å². The molecule has 0 fully saturated rings. The maximum absolute atomic E-state index is 12.7. The van der Waals surface area contributed by atoms with Gasteiger partial charge in [-0.1, -0.05) is 76.5 Å². The molecule has 2 aromatic rings. The van der Waals surface area contributed by atoms with Gasteiger partial charge < -0.3 is 24.4 Å². The summed E-state index contributed by atoms with van der Waals surface area (Å²) in [5.74, 6) is -0.362. The largest absolute Gasteiger partial charge is 0.508 e. The van der Waals surface area contributed by atoms with Crippen LogP contribution in [0.25, 0.3) is 0 Å². The van der Waals surface area contributed by atoms with Gasteiger partial charge in [0.1, 0.15) is 28.9 Å². The molecular weight excluding hydrogens is 520 g/mol. The fraction of sp³-hybridized carbons (Fsp3) is 0.529. The van der Waals surface area contributed by atoms with Gasteiger partial charge in [0.25, 0.3) is 0 Å². The molecule has 41 heavy (non-hydrogen) atoms. The Balaban J connectivity index is 1.37. The number of esters is 1. The molecule has 1 atom stereocenters. The second-order valence-corrected chi connectivity index (χ2v) is 10.8. The highest BCUT2D eigenvalue weighted by atomic mass is 16.6. The molecule has 0 aromatic heterocycles. The zero-order valence-corrected chi connectivity index (χ0v) is 24.7. The molecule has 7 heteroatoms. The number of Topliss-reactive ketones (excluding diaryl/α,β-unsaturated/α-hetero) is 1. The fourth-order valence-corrected chi connectivity index (χ4v) is 5.10. The lowest BCUT2D eigenvalue weighted by atomic mass is 9.95. The van der Waals surface area contributed by atoms with Gasteiger partial charge in [0, 0.05) is 18.6 Å². The number of methoxy groups -OCH3 is 1. The second-order valence-electron chi connectivity index (χ2n) is 10.8. The average Bonchev–Trinajstić information content (AvgIpc) is 2.94. The first-order valence-electron chi connectivity index (χ1n) is 15.2. The number of phenolic OH excluding ortho intramolecular Hbond substituents is 2. The van der Waals surface area contributed by atoms with Gasteiger partial charge in [-0.3, -0.25) is 9.59 Å². The SMILES string of the molecule is CCCCCCCC/C=C\CCCCCCCC(=O)Oc1cc(C2CC(=O)c3c(O)cc(O)cc3O2)ccc1OC. The predicted molar refractivity (Wildman–Crippen MR) is 160 cm³/mol. The van der Waals surface area contributed by atoms with Crippen LogP contribution in [-0.2, 0) is 4.79 Å². The lowest BCUT2D eigenvalue weighted by Crippen LogP contribution is -2.20. The van der Waals surface area contributed by atoms with Gasteiger partial charge in [-0.25, -0.2) is 0 Å². The second kappa shape index (κ2) is 17.4. The quantitative estimate of drug-likeness (QED) is 0.0804. The molecule has 0 saturated heterocycles. The summed E-state index contributed by atoms with van der Waals surface area (Å²) in [7, 11) is 1.50. The van der Waals surface area contributed by atoms with Crippen LogP contribution < -0.4 is 14.2 Å². The van der Waals surface area contributed by atoms with Crippen molar-refractivity contribution in [2.24, 2.45) is 0 Å². The molecule has 1 aliphatic rings. The molecule has 0 spiro atoms. The molecule has 0 bridgehead atoms. The summed E-state index contributed by atoms with van der Waals surface area (Å²) in [5.41, 5.74) is 0.677. The molecule has 7 nitrogen and oxygen atoms in total. The number of rotatable bonds is 18. The number of carbonyl (C=O) groups is 2. The number of allylic oxidation sites excluding steroid dienone is 2. The highest BCUT2D eigenvalue weighted by molar-refractivity contribution is 6.02. The summed E-state index contributed by atoms with van der Waals surface area (Å²) < 4.78 is 16.9. The Morgan fingerprint density at radius 3 is 2.24 bits per heavy atom. The van der Waals surface area contributed by atoms with E-state index in [1.54, 1.807) is 18.2 Å². The smallest absolute Gasteiger partial charge is 0.311 e. The van der Waals surface area contributed by atoms with Crippen LogP contribution in [0.2, 0.25) is 0 Å². The third-order valence-electron chi connectivity index (χ3n) is 7.41. The summed E-state index contributed by atoms with van der Waals surface area (Å²) in [4.78, 5) is 25.2. The lowest BCUT2D eigenvalue weighted by Gasteiger charge is -2.26. The summed E-state index contributed by atoms with van der Waals surface area (Å²) in [6.07, 6.45) is 19.8. The molecule has 0 amide bonds. The zero-order chi connectivity index (χ0) is 29.5. The van der Waals surface area contributed by atoms with E-state index in [2.05, 4.69) is 19.1 Å². The minimum absolute atomic E-state index is 0.0000330. The predicted octanol–water partition coefficient (Wildman–Crippen LogP) is 8.76. The monoisotopic (exact) mass is 566 g/mol. The number of unbranched alkanes of at least 4 members (excludes halogenated alkanes) is 11. The first kappa shape index (κ1) is 32.0. The number of phenols is 2. The van der Waals surface area contributed by atoms with Crippen LogP contribution in [0.4, 0.5) is 0 Å². The lowest BCUT2D eigenvalue weighted by molar-refractivity contribution is -0.134. The van der Waals surface area contributed by atoms with Gasteiger partial charge in [0.15, 0.2) is 17.3 Å². The van der Waals surface area contributed by atoms with Gasteiger partial charge in [-0.15, -0.1) is 0 Å². The Kier molecular flexibility index (Phi) is 13.6. The summed E-state index contributed by atoms with van der Waals surface area (Å²) >= 11 is 0. The molecule has 1 unspecified atom stereocenters. The first-order chi connectivity index (χ1) is 19.9. The van der Waals surface area contributed by atoms with Gasteiger partial charge in [0.2, 0.25) is 0 Å². The maximum atomic E-state index is 12.7. The van der Waals surface area contributed by atoms with E-state index in [9.17, 15) is 19.8 Å². The third kappa shape index (κ3) is 10.5. The molecule has 1 heterocycles. The summed E-state index contributed by atoms with van der Waals surface area (Å²) in [6.45, 7) is 2.25. The van der Waals surface area contributed by atoms with E-state index in [0.29, 0.717) is 17.7 Å². The fourth-order valence-electron chi connectivity index (χ4n) is 5.10. The molecule has 2 N–H and O–H groups in total. The van der Waals surface area contributed by atoms with Gasteiger partial charge in [-0.2, -0.15) is 0 Å². The summed E-state index contributed by atoms with van der Waals surface area (Å²) in [5, 5.41) is 19.8. The summed E-state index contributed by atoms with van der Waals surface area (Å²) in [6, 6.07) is 7.47. The van der Waals surface area contributed by atoms with E-state index >= 15 is 0 Å². The van der Waals surface area contributed by atoms with Crippen molar-refractivity contribution in [1.29, 1.82) is 0 Å². The number of ketones is 1. The highest BCUT2D eigenvalue weighted by Gasteiger charge is 2.31. The van der Waals surface area contributed by atoms with E-state index in [1.807, 2.05) is 0 Å². The molecule has 0 saturated carbocycles. The van der Waals surface area contributed by atoms with Crippen LogP contribution in [0.15, 0.2) is 42.5 Å². The van der Waals surface area contributed by atoms with E-state index in [-0.39, 0.29) is 46.7 Å². The normalized spacial score (nSPS) is 14.6. The minimum Gasteiger partial charge on any atom is -0.508 e. The van der Waals surface area contributed by atoms with Crippen LogP contribution >= 0.6 is 0 Å². The van der Waals surface area contributed by atoms with Crippen molar-refractivity contribution < 1.29 is 34.0 Å². The Bertz CT molecular complexity index is 1150. The van der Waals surface area contributed by atoms with Crippen molar-refractivity contribution in [3.05, 3.63) is 53.6 Å². The first-order valence-corrected chi connectivity index (χ1v) is 15.2. The highest BCUT2D eigenvalue weighted by Crippen LogP contribution is 2.42. The van der Waals surface area contributed by atoms with E-state index in [0.717, 1.165) is 38.2 Å². The number of ether oxygens (including phenoxy) is 3. The zero-order valence-electron chi connectivity index (χ0n) is 24.7. The Morgan fingerprint density at radius 1 is 0.902 bits per heavy atom. The Morgan fingerprint density at radius 2 is 1.56 bits per heavy atom.